The molecule has 0 saturated carbocycles. The molecule has 13 heteroatoms. The van der Waals surface area contributed by atoms with Crippen LogP contribution in [0.25, 0.3) is 0 Å². The number of benzene rings is 1. The standard InChI is InChI=1S/C38H56N4O8S/c1-11-16-29(41-37(47)50-38(7,8)9)35(45)42(10)31(24(3)4)22-32(49-26(6)43)34-40-30(23-51-34)33(44)39-28(21-27-17-14-13-15-18-27)20-25(5)36(46)48-19-12-2/h12-15,17-18,23-25,28-29,31-32H,2,11,16,19-22H2,1,3-10H3,(H,39,44)(H,41,47)/t25-,28+,29-,31+,32+/m0/s1. The molecule has 5 atom stereocenters. The lowest BCUT2D eigenvalue weighted by molar-refractivity contribution is -0.149. The van der Waals surface area contributed by atoms with Crippen LogP contribution in [0.3, 0.4) is 0 Å². The summed E-state index contributed by atoms with van der Waals surface area (Å²) in [6.07, 6.45) is 2.06. The number of carbonyl (C=O) groups is 5. The second kappa shape index (κ2) is 20.6. The summed E-state index contributed by atoms with van der Waals surface area (Å²) in [6.45, 7) is 17.8. The Bertz CT molecular complexity index is 1460. The minimum absolute atomic E-state index is 0.0672. The predicted octanol–water partition coefficient (Wildman–Crippen LogP) is 6.41. The number of esters is 2. The molecular formula is C38H56N4O8S. The van der Waals surface area contributed by atoms with Gasteiger partial charge in [-0.3, -0.25) is 19.2 Å². The monoisotopic (exact) mass is 728 g/mol. The molecule has 12 nitrogen and oxygen atoms in total. The molecule has 0 unspecified atom stereocenters. The highest BCUT2D eigenvalue weighted by atomic mass is 32.1. The lowest BCUT2D eigenvalue weighted by Crippen LogP contribution is -2.52. The molecule has 1 aromatic carbocycles. The molecule has 0 bridgehead atoms. The highest BCUT2D eigenvalue weighted by Gasteiger charge is 2.34. The summed E-state index contributed by atoms with van der Waals surface area (Å²) >= 11 is 1.18. The molecule has 2 rings (SSSR count). The van der Waals surface area contributed by atoms with Crippen LogP contribution in [0.4, 0.5) is 4.79 Å². The molecule has 3 amide bonds. The summed E-state index contributed by atoms with van der Waals surface area (Å²) in [5, 5.41) is 7.76. The first kappa shape index (κ1) is 42.9. The van der Waals surface area contributed by atoms with Crippen LogP contribution in [0.2, 0.25) is 0 Å². The number of thiazole rings is 1. The van der Waals surface area contributed by atoms with Crippen molar-refractivity contribution < 1.29 is 38.2 Å². The maximum absolute atomic E-state index is 13.8. The average molecular weight is 729 g/mol. The zero-order chi connectivity index (χ0) is 38.3. The average Bonchev–Trinajstić information content (AvgIpc) is 3.54. The van der Waals surface area contributed by atoms with E-state index in [1.54, 1.807) is 45.0 Å². The normalized spacial score (nSPS) is 14.3. The Balaban J connectivity index is 2.29. The van der Waals surface area contributed by atoms with E-state index in [0.29, 0.717) is 30.7 Å². The van der Waals surface area contributed by atoms with Gasteiger partial charge >= 0.3 is 18.0 Å². The van der Waals surface area contributed by atoms with E-state index < -0.39 is 53.7 Å². The smallest absolute Gasteiger partial charge is 0.408 e. The van der Waals surface area contributed by atoms with Crippen LogP contribution >= 0.6 is 11.3 Å². The second-order valence-corrected chi connectivity index (χ2v) is 15.0. The molecule has 1 heterocycles. The summed E-state index contributed by atoms with van der Waals surface area (Å²) < 4.78 is 16.3. The van der Waals surface area contributed by atoms with Gasteiger partial charge in [-0.05, 0) is 51.5 Å². The summed E-state index contributed by atoms with van der Waals surface area (Å²) in [6, 6.07) is 8.00. The Morgan fingerprint density at radius 2 is 1.71 bits per heavy atom. The van der Waals surface area contributed by atoms with E-state index in [2.05, 4.69) is 22.2 Å². The van der Waals surface area contributed by atoms with Crippen molar-refractivity contribution in [3.63, 3.8) is 0 Å². The molecule has 0 aliphatic heterocycles. The van der Waals surface area contributed by atoms with E-state index in [0.717, 1.165) is 5.56 Å². The van der Waals surface area contributed by atoms with Crippen LogP contribution in [-0.4, -0.2) is 77.1 Å². The van der Waals surface area contributed by atoms with Gasteiger partial charge in [0.15, 0.2) is 6.10 Å². The van der Waals surface area contributed by atoms with Crippen LogP contribution in [0.15, 0.2) is 48.4 Å². The quantitative estimate of drug-likeness (QED) is 0.0949. The number of nitrogens with zero attached hydrogens (tertiary/aromatic N) is 2. The molecular weight excluding hydrogens is 673 g/mol. The zero-order valence-corrected chi connectivity index (χ0v) is 32.3. The third kappa shape index (κ3) is 14.9. The number of likely N-dealkylation sites (N-methyl/N-ethyl adjacent to an activating group) is 1. The van der Waals surface area contributed by atoms with Crippen LogP contribution in [-0.2, 0) is 35.0 Å². The van der Waals surface area contributed by atoms with Gasteiger partial charge in [-0.25, -0.2) is 9.78 Å². The number of hydrogen-bond donors (Lipinski definition) is 2. The maximum atomic E-state index is 13.8. The largest absolute Gasteiger partial charge is 0.461 e. The van der Waals surface area contributed by atoms with Crippen LogP contribution in [0.1, 0.15) is 108 Å². The van der Waals surface area contributed by atoms with Crippen molar-refractivity contribution in [2.45, 2.75) is 117 Å². The SMILES string of the molecule is C=CCOC(=O)[C@@H](C)C[C@H](Cc1ccccc1)NC(=O)c1csc([C@@H](C[C@H](C(C)C)N(C)C(=O)[C@H](CCC)NC(=O)OC(C)(C)C)OC(C)=O)n1. The molecule has 1 aromatic heterocycles. The van der Waals surface area contributed by atoms with E-state index in [9.17, 15) is 24.0 Å². The van der Waals surface area contributed by atoms with Gasteiger partial charge in [-0.2, -0.15) is 0 Å². The Labute approximate surface area is 306 Å². The van der Waals surface area contributed by atoms with Crippen molar-refractivity contribution in [1.82, 2.24) is 20.5 Å². The first-order valence-corrected chi connectivity index (χ1v) is 18.3. The molecule has 2 aromatic rings. The molecule has 0 spiro atoms. The van der Waals surface area contributed by atoms with E-state index >= 15 is 0 Å². The third-order valence-electron chi connectivity index (χ3n) is 8.02. The summed E-state index contributed by atoms with van der Waals surface area (Å²) in [5.41, 5.74) is 0.406. The van der Waals surface area contributed by atoms with Gasteiger partial charge in [0, 0.05) is 37.9 Å². The van der Waals surface area contributed by atoms with Gasteiger partial charge in [0.05, 0.1) is 5.92 Å². The van der Waals surface area contributed by atoms with Crippen molar-refractivity contribution in [1.29, 1.82) is 0 Å². The Hall–Kier alpha value is -4.26. The fourth-order valence-electron chi connectivity index (χ4n) is 5.60. The van der Waals surface area contributed by atoms with Crippen LogP contribution in [0.5, 0.6) is 0 Å². The highest BCUT2D eigenvalue weighted by Crippen LogP contribution is 2.31. The molecule has 0 fully saturated rings. The van der Waals surface area contributed by atoms with Gasteiger partial charge in [0.2, 0.25) is 5.91 Å². The summed E-state index contributed by atoms with van der Waals surface area (Å²) in [7, 11) is 1.67. The molecule has 282 valence electrons. The van der Waals surface area contributed by atoms with Crippen molar-refractivity contribution in [3.8, 4) is 0 Å². The minimum Gasteiger partial charge on any atom is -0.461 e. The van der Waals surface area contributed by atoms with Crippen molar-refractivity contribution in [3.05, 3.63) is 64.6 Å². The van der Waals surface area contributed by atoms with Gasteiger partial charge in [-0.15, -0.1) is 11.3 Å². The number of carbonyl (C=O) groups excluding carboxylic acids is 5. The molecule has 0 aliphatic rings. The molecule has 0 aliphatic carbocycles. The topological polar surface area (TPSA) is 153 Å². The predicted molar refractivity (Wildman–Crippen MR) is 197 cm³/mol. The number of hydrogen-bond acceptors (Lipinski definition) is 10. The van der Waals surface area contributed by atoms with E-state index in [1.807, 2.05) is 51.1 Å². The zero-order valence-electron chi connectivity index (χ0n) is 31.5. The lowest BCUT2D eigenvalue weighted by atomic mass is 9.95. The Morgan fingerprint density at radius 3 is 2.27 bits per heavy atom. The number of aromatic nitrogens is 1. The molecule has 51 heavy (non-hydrogen) atoms. The number of nitrogens with one attached hydrogen (secondary N) is 2. The van der Waals surface area contributed by atoms with Gasteiger partial charge in [0.25, 0.3) is 5.91 Å². The molecule has 2 N–H and O–H groups in total. The number of amides is 3. The first-order chi connectivity index (χ1) is 23.9. The second-order valence-electron chi connectivity index (χ2n) is 14.1. The molecule has 0 radical (unpaired) electrons. The fourth-order valence-corrected chi connectivity index (χ4v) is 6.44. The fraction of sp³-hybridized carbons (Fsp3) is 0.579. The maximum Gasteiger partial charge on any atom is 0.408 e. The van der Waals surface area contributed by atoms with Gasteiger partial charge in [-0.1, -0.05) is 77.1 Å². The third-order valence-corrected chi connectivity index (χ3v) is 8.96. The van der Waals surface area contributed by atoms with Crippen molar-refractivity contribution in [2.75, 3.05) is 13.7 Å². The Morgan fingerprint density at radius 1 is 1.04 bits per heavy atom. The van der Waals surface area contributed by atoms with Gasteiger partial charge < -0.3 is 29.7 Å². The minimum atomic E-state index is -0.847. The highest BCUT2D eigenvalue weighted by molar-refractivity contribution is 7.09. The van der Waals surface area contributed by atoms with Crippen molar-refractivity contribution >= 4 is 41.2 Å². The summed E-state index contributed by atoms with van der Waals surface area (Å²) in [4.78, 5) is 70.9. The van der Waals surface area contributed by atoms with E-state index in [4.69, 9.17) is 14.2 Å². The number of ether oxygens (including phenoxy) is 3. The Kier molecular flexibility index (Phi) is 17.3. The van der Waals surface area contributed by atoms with E-state index in [-0.39, 0.29) is 36.5 Å². The molecule has 0 saturated heterocycles. The van der Waals surface area contributed by atoms with Crippen LogP contribution < -0.4 is 10.6 Å². The van der Waals surface area contributed by atoms with Gasteiger partial charge in [0.1, 0.15) is 29.0 Å². The lowest BCUT2D eigenvalue weighted by Gasteiger charge is -2.35. The first-order valence-electron chi connectivity index (χ1n) is 17.5. The number of alkyl carbamates (subject to hydrolysis) is 1. The number of rotatable bonds is 19. The van der Waals surface area contributed by atoms with Crippen molar-refractivity contribution in [2.24, 2.45) is 11.8 Å². The summed E-state index contributed by atoms with van der Waals surface area (Å²) in [5.74, 6) is -2.20. The van der Waals surface area contributed by atoms with E-state index in [1.165, 1.54) is 24.3 Å². The van der Waals surface area contributed by atoms with Crippen LogP contribution in [0, 0.1) is 11.8 Å².